The summed E-state index contributed by atoms with van der Waals surface area (Å²) in [5, 5.41) is 12.5. The molecule has 2 rings (SSSR count). The first-order valence-corrected chi connectivity index (χ1v) is 7.31. The Labute approximate surface area is 125 Å². The fraction of sp³-hybridized carbons (Fsp3) is 0.500. The van der Waals surface area contributed by atoms with Gasteiger partial charge in [-0.15, -0.1) is 0 Å². The Hall–Kier alpha value is -1.88. The standard InChI is InChI=1S/C16H22N2O3/c1-11(19)18(2)15-6-4-3-5-14(15)16(21)17-12-7-9-13(20)10-8-12/h3-6,12-13,20H,7-10H2,1-2H3,(H,17,21). The maximum Gasteiger partial charge on any atom is 0.253 e. The predicted molar refractivity (Wildman–Crippen MR) is 81.3 cm³/mol. The van der Waals surface area contributed by atoms with Crippen LogP contribution in [0.1, 0.15) is 43.0 Å². The number of nitrogens with zero attached hydrogens (tertiary/aromatic N) is 1. The van der Waals surface area contributed by atoms with E-state index in [1.807, 2.05) is 6.07 Å². The fourth-order valence-corrected chi connectivity index (χ4v) is 2.61. The second kappa shape index (κ2) is 6.72. The average Bonchev–Trinajstić information content (AvgIpc) is 2.48. The molecule has 1 aliphatic rings. The number of amides is 2. The number of aliphatic hydroxyl groups excluding tert-OH is 1. The molecular weight excluding hydrogens is 268 g/mol. The maximum absolute atomic E-state index is 12.4. The molecule has 1 aromatic carbocycles. The van der Waals surface area contributed by atoms with Crippen molar-refractivity contribution in [2.75, 3.05) is 11.9 Å². The minimum atomic E-state index is -0.241. The molecule has 1 saturated carbocycles. The second-order valence-corrected chi connectivity index (χ2v) is 5.57. The molecule has 0 atom stereocenters. The molecule has 0 aliphatic heterocycles. The normalized spacial score (nSPS) is 21.7. The summed E-state index contributed by atoms with van der Waals surface area (Å²) in [5.74, 6) is -0.281. The molecule has 0 bridgehead atoms. The van der Waals surface area contributed by atoms with Gasteiger partial charge >= 0.3 is 0 Å². The second-order valence-electron chi connectivity index (χ2n) is 5.57. The number of rotatable bonds is 3. The molecule has 0 spiro atoms. The zero-order valence-electron chi connectivity index (χ0n) is 12.5. The SMILES string of the molecule is CC(=O)N(C)c1ccccc1C(=O)NC1CCC(O)CC1. The summed E-state index contributed by atoms with van der Waals surface area (Å²) in [4.78, 5) is 25.4. The topological polar surface area (TPSA) is 69.6 Å². The lowest BCUT2D eigenvalue weighted by Gasteiger charge is -2.27. The van der Waals surface area contributed by atoms with Crippen LogP contribution in [-0.4, -0.2) is 36.1 Å². The molecule has 1 fully saturated rings. The Morgan fingerprint density at radius 3 is 2.43 bits per heavy atom. The Morgan fingerprint density at radius 1 is 1.19 bits per heavy atom. The van der Waals surface area contributed by atoms with Crippen molar-refractivity contribution in [3.8, 4) is 0 Å². The van der Waals surface area contributed by atoms with Gasteiger partial charge in [0.25, 0.3) is 5.91 Å². The van der Waals surface area contributed by atoms with Gasteiger partial charge in [0.05, 0.1) is 17.4 Å². The van der Waals surface area contributed by atoms with Crippen molar-refractivity contribution in [2.24, 2.45) is 0 Å². The van der Waals surface area contributed by atoms with Crippen LogP contribution in [0.5, 0.6) is 0 Å². The number of anilines is 1. The number of para-hydroxylation sites is 1. The van der Waals surface area contributed by atoms with Gasteiger partial charge in [0, 0.05) is 20.0 Å². The zero-order chi connectivity index (χ0) is 15.4. The lowest BCUT2D eigenvalue weighted by Crippen LogP contribution is -2.39. The summed E-state index contributed by atoms with van der Waals surface area (Å²) in [5.41, 5.74) is 1.11. The Morgan fingerprint density at radius 2 is 1.81 bits per heavy atom. The fourth-order valence-electron chi connectivity index (χ4n) is 2.61. The van der Waals surface area contributed by atoms with Gasteiger partial charge in [0.15, 0.2) is 0 Å². The molecule has 0 saturated heterocycles. The van der Waals surface area contributed by atoms with Crippen molar-refractivity contribution in [1.29, 1.82) is 0 Å². The summed E-state index contributed by atoms with van der Waals surface area (Å²) in [7, 11) is 1.66. The molecule has 0 radical (unpaired) electrons. The van der Waals surface area contributed by atoms with Gasteiger partial charge < -0.3 is 15.3 Å². The Bertz CT molecular complexity index is 522. The summed E-state index contributed by atoms with van der Waals surface area (Å²) in [6.45, 7) is 1.47. The van der Waals surface area contributed by atoms with Crippen LogP contribution in [0.25, 0.3) is 0 Å². The van der Waals surface area contributed by atoms with Gasteiger partial charge in [-0.2, -0.15) is 0 Å². The Kier molecular flexibility index (Phi) is 4.96. The molecule has 5 nitrogen and oxygen atoms in total. The zero-order valence-corrected chi connectivity index (χ0v) is 12.5. The van der Waals surface area contributed by atoms with E-state index in [9.17, 15) is 14.7 Å². The third kappa shape index (κ3) is 3.82. The first-order chi connectivity index (χ1) is 9.99. The molecule has 21 heavy (non-hydrogen) atoms. The van der Waals surface area contributed by atoms with Crippen LogP contribution in [-0.2, 0) is 4.79 Å². The number of benzene rings is 1. The van der Waals surface area contributed by atoms with Crippen molar-refractivity contribution < 1.29 is 14.7 Å². The maximum atomic E-state index is 12.4. The third-order valence-electron chi connectivity index (χ3n) is 4.01. The quantitative estimate of drug-likeness (QED) is 0.890. The minimum absolute atomic E-state index is 0.0941. The lowest BCUT2D eigenvalue weighted by atomic mass is 9.93. The number of aliphatic hydroxyl groups is 1. The molecule has 0 unspecified atom stereocenters. The predicted octanol–water partition coefficient (Wildman–Crippen LogP) is 1.70. The molecule has 0 aromatic heterocycles. The van der Waals surface area contributed by atoms with Crippen LogP contribution >= 0.6 is 0 Å². The summed E-state index contributed by atoms with van der Waals surface area (Å²) in [6.07, 6.45) is 2.78. The van der Waals surface area contributed by atoms with E-state index in [1.165, 1.54) is 11.8 Å². The number of nitrogens with one attached hydrogen (secondary N) is 1. The van der Waals surface area contributed by atoms with E-state index in [1.54, 1.807) is 25.2 Å². The first-order valence-electron chi connectivity index (χ1n) is 7.31. The van der Waals surface area contributed by atoms with Gasteiger partial charge in [-0.25, -0.2) is 0 Å². The van der Waals surface area contributed by atoms with Crippen LogP contribution < -0.4 is 10.2 Å². The number of hydrogen-bond acceptors (Lipinski definition) is 3. The highest BCUT2D eigenvalue weighted by Gasteiger charge is 2.23. The number of carbonyl (C=O) groups excluding carboxylic acids is 2. The first kappa shape index (κ1) is 15.5. The van der Waals surface area contributed by atoms with Gasteiger partial charge in [-0.1, -0.05) is 12.1 Å². The average molecular weight is 290 g/mol. The van der Waals surface area contributed by atoms with Crippen LogP contribution in [0.15, 0.2) is 24.3 Å². The lowest BCUT2D eigenvalue weighted by molar-refractivity contribution is -0.116. The smallest absolute Gasteiger partial charge is 0.253 e. The van der Waals surface area contributed by atoms with Gasteiger partial charge in [-0.3, -0.25) is 9.59 Å². The highest BCUT2D eigenvalue weighted by Crippen LogP contribution is 2.22. The summed E-state index contributed by atoms with van der Waals surface area (Å²) >= 11 is 0. The van der Waals surface area contributed by atoms with Crippen molar-refractivity contribution in [3.63, 3.8) is 0 Å². The number of hydrogen-bond donors (Lipinski definition) is 2. The monoisotopic (exact) mass is 290 g/mol. The summed E-state index contributed by atoms with van der Waals surface area (Å²) < 4.78 is 0. The largest absolute Gasteiger partial charge is 0.393 e. The van der Waals surface area contributed by atoms with E-state index < -0.39 is 0 Å². The molecule has 1 aromatic rings. The van der Waals surface area contributed by atoms with Gasteiger partial charge in [0.2, 0.25) is 5.91 Å². The van der Waals surface area contributed by atoms with Gasteiger partial charge in [0.1, 0.15) is 0 Å². The van der Waals surface area contributed by atoms with E-state index in [0.717, 1.165) is 25.7 Å². The summed E-state index contributed by atoms with van der Waals surface area (Å²) in [6, 6.07) is 7.18. The Balaban J connectivity index is 2.10. The third-order valence-corrected chi connectivity index (χ3v) is 4.01. The van der Waals surface area contributed by atoms with E-state index in [4.69, 9.17) is 0 Å². The molecule has 0 heterocycles. The molecule has 5 heteroatoms. The molecule has 114 valence electrons. The highest BCUT2D eigenvalue weighted by atomic mass is 16.3. The van der Waals surface area contributed by atoms with Gasteiger partial charge in [-0.05, 0) is 37.8 Å². The van der Waals surface area contributed by atoms with E-state index in [0.29, 0.717) is 11.3 Å². The van der Waals surface area contributed by atoms with Crippen molar-refractivity contribution >= 4 is 17.5 Å². The van der Waals surface area contributed by atoms with E-state index in [2.05, 4.69) is 5.32 Å². The van der Waals surface area contributed by atoms with Crippen LogP contribution in [0.2, 0.25) is 0 Å². The molecular formula is C16H22N2O3. The van der Waals surface area contributed by atoms with Crippen molar-refractivity contribution in [1.82, 2.24) is 5.32 Å². The minimum Gasteiger partial charge on any atom is -0.393 e. The van der Waals surface area contributed by atoms with Crippen molar-refractivity contribution in [3.05, 3.63) is 29.8 Å². The molecule has 1 aliphatic carbocycles. The highest BCUT2D eigenvalue weighted by molar-refractivity contribution is 6.04. The molecule has 2 N–H and O–H groups in total. The van der Waals surface area contributed by atoms with Crippen molar-refractivity contribution in [2.45, 2.75) is 44.8 Å². The van der Waals surface area contributed by atoms with Crippen LogP contribution in [0, 0.1) is 0 Å². The van der Waals surface area contributed by atoms with E-state index >= 15 is 0 Å². The van der Waals surface area contributed by atoms with E-state index in [-0.39, 0.29) is 24.0 Å². The van der Waals surface area contributed by atoms with Crippen LogP contribution in [0.3, 0.4) is 0 Å². The molecule has 2 amide bonds. The van der Waals surface area contributed by atoms with Crippen LogP contribution in [0.4, 0.5) is 5.69 Å². The number of carbonyl (C=O) groups is 2.